The van der Waals surface area contributed by atoms with Gasteiger partial charge in [0.15, 0.2) is 18.9 Å². The molecule has 1 amide bonds. The molecule has 19 heteroatoms. The predicted molar refractivity (Wildman–Crippen MR) is 350 cm³/mol. The Morgan fingerprint density at radius 1 is 0.400 bits per heavy atom. The van der Waals surface area contributed by atoms with Crippen LogP contribution in [0.25, 0.3) is 0 Å². The number of aliphatic hydroxyl groups excluding tert-OH is 11. The number of ether oxygens (including phenoxy) is 6. The highest BCUT2D eigenvalue weighted by Gasteiger charge is 2.53. The lowest BCUT2D eigenvalue weighted by molar-refractivity contribution is -0.379. The van der Waals surface area contributed by atoms with E-state index in [0.29, 0.717) is 12.8 Å². The van der Waals surface area contributed by atoms with Crippen LogP contribution in [0, 0.1) is 0 Å². The number of unbranched alkanes of at least 4 members (excludes halogenated alkanes) is 18. The Kier molecular flexibility index (Phi) is 46.5. The molecular formula is C71H119NO18. The SMILES string of the molecule is CC/C=C\C/C=C\C/C=C\C/C=C\C/C=C\C/C=C\CCCCCCCCCCCCCCCCCCC(=O)NC(COC1OC(CO)C(OC2OC(CO)C(OC3OC(CO)C(O)C(O)C3O)C(O)C2O)C(O)C1O)C(O)/C=C/CC/C=C/CC/C=C/CC. The molecule has 12 N–H and O–H groups in total. The third kappa shape index (κ3) is 33.5. The summed E-state index contributed by atoms with van der Waals surface area (Å²) in [6.07, 6.45) is 42.6. The van der Waals surface area contributed by atoms with E-state index >= 15 is 0 Å². The van der Waals surface area contributed by atoms with Gasteiger partial charge in [-0.15, -0.1) is 0 Å². The molecule has 0 spiro atoms. The number of hydrogen-bond donors (Lipinski definition) is 12. The molecule has 3 aliphatic rings. The molecule has 0 aliphatic carbocycles. The Morgan fingerprint density at radius 2 is 0.744 bits per heavy atom. The number of aliphatic hydroxyl groups is 11. The lowest BCUT2D eigenvalue weighted by atomic mass is 9.96. The quantitative estimate of drug-likeness (QED) is 0.0200. The maximum Gasteiger partial charge on any atom is 0.220 e. The minimum absolute atomic E-state index is 0.226. The highest BCUT2D eigenvalue weighted by molar-refractivity contribution is 5.76. The van der Waals surface area contributed by atoms with Crippen LogP contribution in [0.2, 0.25) is 0 Å². The largest absolute Gasteiger partial charge is 0.394 e. The molecule has 0 aromatic carbocycles. The highest BCUT2D eigenvalue weighted by Crippen LogP contribution is 2.33. The van der Waals surface area contributed by atoms with E-state index in [2.05, 4.69) is 116 Å². The van der Waals surface area contributed by atoms with Crippen LogP contribution in [0.5, 0.6) is 0 Å². The normalized spacial score (nSPS) is 28.7. The summed E-state index contributed by atoms with van der Waals surface area (Å²) in [5, 5.41) is 120. The van der Waals surface area contributed by atoms with E-state index in [9.17, 15) is 61.0 Å². The van der Waals surface area contributed by atoms with Gasteiger partial charge < -0.3 is 89.9 Å². The first-order valence-electron chi connectivity index (χ1n) is 34.1. The molecule has 0 radical (unpaired) electrons. The first-order valence-corrected chi connectivity index (χ1v) is 34.1. The molecule has 19 nitrogen and oxygen atoms in total. The summed E-state index contributed by atoms with van der Waals surface area (Å²) < 4.78 is 34.2. The van der Waals surface area contributed by atoms with Crippen molar-refractivity contribution in [2.24, 2.45) is 0 Å². The molecule has 0 bridgehead atoms. The van der Waals surface area contributed by atoms with Gasteiger partial charge in [-0.1, -0.05) is 213 Å². The lowest BCUT2D eigenvalue weighted by Gasteiger charge is -2.48. The Balaban J connectivity index is 1.33. The van der Waals surface area contributed by atoms with Crippen LogP contribution >= 0.6 is 0 Å². The van der Waals surface area contributed by atoms with Crippen LogP contribution < -0.4 is 5.32 Å². The molecule has 0 aromatic rings. The smallest absolute Gasteiger partial charge is 0.220 e. The Hall–Kier alpha value is -3.55. The number of nitrogens with one attached hydrogen (secondary N) is 1. The first kappa shape index (κ1) is 80.7. The monoisotopic (exact) mass is 1270 g/mol. The zero-order valence-electron chi connectivity index (χ0n) is 54.3. The molecule has 3 aliphatic heterocycles. The second-order valence-corrected chi connectivity index (χ2v) is 23.9. The number of carbonyl (C=O) groups excluding carboxylic acids is 1. The van der Waals surface area contributed by atoms with Crippen molar-refractivity contribution in [2.45, 2.75) is 304 Å². The van der Waals surface area contributed by atoms with Crippen molar-refractivity contribution in [1.82, 2.24) is 5.32 Å². The maximum atomic E-state index is 13.3. The van der Waals surface area contributed by atoms with E-state index in [0.717, 1.165) is 83.5 Å². The summed E-state index contributed by atoms with van der Waals surface area (Å²) in [7, 11) is 0. The molecule has 3 heterocycles. The summed E-state index contributed by atoms with van der Waals surface area (Å²) in [5.41, 5.74) is 0. The van der Waals surface area contributed by atoms with E-state index in [1.165, 1.54) is 83.5 Å². The fraction of sp³-hybridized carbons (Fsp3) is 0.732. The van der Waals surface area contributed by atoms with Gasteiger partial charge in [0.1, 0.15) is 73.2 Å². The van der Waals surface area contributed by atoms with Crippen LogP contribution in [-0.4, -0.2) is 193 Å². The van der Waals surface area contributed by atoms with Gasteiger partial charge in [-0.3, -0.25) is 4.79 Å². The number of rotatable bonds is 50. The van der Waals surface area contributed by atoms with Gasteiger partial charge in [-0.25, -0.2) is 0 Å². The maximum absolute atomic E-state index is 13.3. The molecule has 17 unspecified atom stereocenters. The second kappa shape index (κ2) is 51.8. The second-order valence-electron chi connectivity index (χ2n) is 23.9. The predicted octanol–water partition coefficient (Wildman–Crippen LogP) is 8.66. The third-order valence-electron chi connectivity index (χ3n) is 16.3. The van der Waals surface area contributed by atoms with Crippen molar-refractivity contribution in [3.8, 4) is 0 Å². The van der Waals surface area contributed by atoms with Crippen molar-refractivity contribution in [1.29, 1.82) is 0 Å². The molecule has 3 rings (SSSR count). The zero-order chi connectivity index (χ0) is 65.4. The van der Waals surface area contributed by atoms with Crippen molar-refractivity contribution in [3.05, 3.63) is 109 Å². The van der Waals surface area contributed by atoms with Crippen LogP contribution in [-0.2, 0) is 33.2 Å². The van der Waals surface area contributed by atoms with Crippen molar-refractivity contribution in [2.75, 3.05) is 26.4 Å². The third-order valence-corrected chi connectivity index (χ3v) is 16.3. The number of amides is 1. The summed E-state index contributed by atoms with van der Waals surface area (Å²) in [4.78, 5) is 13.3. The summed E-state index contributed by atoms with van der Waals surface area (Å²) in [5.74, 6) is -0.296. The molecule has 0 saturated carbocycles. The number of allylic oxidation sites excluding steroid dienone is 17. The topological polar surface area (TPSA) is 307 Å². The average molecular weight is 1270 g/mol. The Bertz CT molecular complexity index is 2060. The molecule has 3 fully saturated rings. The molecule has 17 atom stereocenters. The molecular weight excluding hydrogens is 1150 g/mol. The van der Waals surface area contributed by atoms with Crippen molar-refractivity contribution < 1.29 is 89.4 Å². The van der Waals surface area contributed by atoms with E-state index in [-0.39, 0.29) is 18.9 Å². The van der Waals surface area contributed by atoms with Gasteiger partial charge >= 0.3 is 0 Å². The highest BCUT2D eigenvalue weighted by atomic mass is 16.8. The molecule has 0 aromatic heterocycles. The first-order chi connectivity index (χ1) is 43.8. The number of carbonyl (C=O) groups is 1. The minimum atomic E-state index is -1.99. The van der Waals surface area contributed by atoms with E-state index in [1.54, 1.807) is 6.08 Å². The zero-order valence-corrected chi connectivity index (χ0v) is 54.3. The van der Waals surface area contributed by atoms with Gasteiger partial charge in [-0.2, -0.15) is 0 Å². The standard InChI is InChI=1S/C71H119NO18/c1-3-5-7-9-11-13-15-16-17-18-19-20-21-22-23-24-25-26-27-28-29-30-31-32-33-34-35-36-37-38-39-41-43-45-47-49-59(77)72-54(55(76)48-46-44-42-40-14-12-10-8-6-4-2)53-85-69-65(83)62(80)67(57(51-74)87-69)90-71-66(84)63(81)68(58(52-75)88-71)89-70-64(82)61(79)60(78)56(50-73)86-70/h5-8,11,13-14,16-17,19-20,22-23,25-26,40,46,48,54-58,60-71,73-76,78-84H,3-4,9-10,12,15,18,21,24,27-39,41-45,47,49-53H2,1-2H3,(H,72,77)/b7-5-,8-6+,13-11-,17-16-,20-19-,23-22-,26-25-,40-14+,48-46+. The van der Waals surface area contributed by atoms with Gasteiger partial charge in [0.25, 0.3) is 0 Å². The van der Waals surface area contributed by atoms with E-state index in [4.69, 9.17) is 28.4 Å². The van der Waals surface area contributed by atoms with Crippen LogP contribution in [0.3, 0.4) is 0 Å². The van der Waals surface area contributed by atoms with E-state index < -0.39 is 124 Å². The Labute approximate surface area is 538 Å². The molecule has 3 saturated heterocycles. The van der Waals surface area contributed by atoms with Gasteiger partial charge in [0.2, 0.25) is 5.91 Å². The van der Waals surface area contributed by atoms with Gasteiger partial charge in [0, 0.05) is 6.42 Å². The fourth-order valence-corrected chi connectivity index (χ4v) is 10.8. The summed E-state index contributed by atoms with van der Waals surface area (Å²) in [6.45, 7) is 1.43. The average Bonchev–Trinajstić information content (AvgIpc) is 1.08. The van der Waals surface area contributed by atoms with Crippen LogP contribution in [0.1, 0.15) is 200 Å². The lowest BCUT2D eigenvalue weighted by Crippen LogP contribution is -2.66. The summed E-state index contributed by atoms with van der Waals surface area (Å²) >= 11 is 0. The van der Waals surface area contributed by atoms with Crippen LogP contribution in [0.15, 0.2) is 109 Å². The minimum Gasteiger partial charge on any atom is -0.394 e. The molecule has 90 heavy (non-hydrogen) atoms. The number of hydrogen-bond acceptors (Lipinski definition) is 18. The van der Waals surface area contributed by atoms with Crippen LogP contribution in [0.4, 0.5) is 0 Å². The van der Waals surface area contributed by atoms with E-state index in [1.807, 2.05) is 6.08 Å². The Morgan fingerprint density at radius 3 is 1.20 bits per heavy atom. The molecule has 516 valence electrons. The van der Waals surface area contributed by atoms with Gasteiger partial charge in [0.05, 0.1) is 38.6 Å². The van der Waals surface area contributed by atoms with Gasteiger partial charge in [-0.05, 0) is 89.9 Å². The summed E-state index contributed by atoms with van der Waals surface area (Å²) in [6, 6.07) is -1.000. The van der Waals surface area contributed by atoms with Crippen molar-refractivity contribution >= 4 is 5.91 Å². The van der Waals surface area contributed by atoms with Crippen molar-refractivity contribution in [3.63, 3.8) is 0 Å². The fourth-order valence-electron chi connectivity index (χ4n) is 10.8.